The quantitative estimate of drug-likeness (QED) is 0.454. The van der Waals surface area contributed by atoms with E-state index in [0.717, 1.165) is 22.4 Å². The highest BCUT2D eigenvalue weighted by atomic mass is 16.2. The predicted octanol–water partition coefficient (Wildman–Crippen LogP) is 5.56. The van der Waals surface area contributed by atoms with Crippen molar-refractivity contribution in [2.45, 2.75) is 5.54 Å². The van der Waals surface area contributed by atoms with Crippen LogP contribution >= 0.6 is 0 Å². The molecule has 0 radical (unpaired) electrons. The molecule has 2 amide bonds. The summed E-state index contributed by atoms with van der Waals surface area (Å²) in [4.78, 5) is 14.7. The third-order valence-corrected chi connectivity index (χ3v) is 5.14. The van der Waals surface area contributed by atoms with Crippen molar-refractivity contribution in [1.29, 1.82) is 0 Å². The molecule has 0 heterocycles. The van der Waals surface area contributed by atoms with Gasteiger partial charge in [0.2, 0.25) is 0 Å². The van der Waals surface area contributed by atoms with Crippen LogP contribution in [0, 0.1) is 0 Å². The molecule has 0 spiro atoms. The van der Waals surface area contributed by atoms with Crippen LogP contribution in [0.5, 0.6) is 0 Å². The van der Waals surface area contributed by atoms with Crippen LogP contribution in [0.25, 0.3) is 0 Å². The molecule has 4 aromatic carbocycles. The summed E-state index contributed by atoms with van der Waals surface area (Å²) in [5.74, 6) is 0. The predicted molar refractivity (Wildman–Crippen MR) is 118 cm³/mol. The van der Waals surface area contributed by atoms with Crippen LogP contribution in [0.3, 0.4) is 0 Å². The second-order valence-corrected chi connectivity index (χ2v) is 6.82. The number of hydrogen-bond acceptors (Lipinski definition) is 1. The number of para-hydroxylation sites is 1. The maximum Gasteiger partial charge on any atom is 0.320 e. The zero-order valence-corrected chi connectivity index (χ0v) is 16.0. The number of nitrogens with zero attached hydrogens (tertiary/aromatic N) is 1. The highest BCUT2D eigenvalue weighted by molar-refractivity contribution is 5.94. The first kappa shape index (κ1) is 18.5. The maximum atomic E-state index is 13.0. The molecule has 0 bridgehead atoms. The number of primary amides is 1. The van der Waals surface area contributed by atoms with Crippen LogP contribution in [-0.2, 0) is 5.54 Å². The van der Waals surface area contributed by atoms with Crippen LogP contribution in [-0.4, -0.2) is 6.03 Å². The highest BCUT2D eigenvalue weighted by Gasteiger charge is 2.44. The Labute approximate surface area is 171 Å². The van der Waals surface area contributed by atoms with E-state index >= 15 is 0 Å². The average molecular weight is 378 g/mol. The fourth-order valence-electron chi connectivity index (χ4n) is 3.99. The Morgan fingerprint density at radius 3 is 1.17 bits per heavy atom. The first-order chi connectivity index (χ1) is 14.2. The minimum absolute atomic E-state index is 0.521. The number of hydrogen-bond donors (Lipinski definition) is 1. The van der Waals surface area contributed by atoms with Crippen LogP contribution in [0.2, 0.25) is 0 Å². The summed E-state index contributed by atoms with van der Waals surface area (Å²) in [6, 6.07) is 39.1. The molecule has 0 atom stereocenters. The minimum Gasteiger partial charge on any atom is -0.351 e. The van der Waals surface area contributed by atoms with Crippen molar-refractivity contribution in [2.75, 3.05) is 4.90 Å². The molecule has 3 heteroatoms. The molecule has 3 nitrogen and oxygen atoms in total. The highest BCUT2D eigenvalue weighted by Crippen LogP contribution is 2.44. The molecular weight excluding hydrogens is 356 g/mol. The van der Waals surface area contributed by atoms with Crippen molar-refractivity contribution in [3.8, 4) is 0 Å². The number of urea groups is 1. The van der Waals surface area contributed by atoms with Crippen molar-refractivity contribution in [1.82, 2.24) is 0 Å². The Bertz CT molecular complexity index is 968. The van der Waals surface area contributed by atoms with E-state index in [2.05, 4.69) is 0 Å². The fraction of sp³-hybridized carbons (Fsp3) is 0.0385. The van der Waals surface area contributed by atoms with Gasteiger partial charge < -0.3 is 5.73 Å². The third kappa shape index (κ3) is 3.27. The largest absolute Gasteiger partial charge is 0.351 e. The Hall–Kier alpha value is -3.85. The molecule has 142 valence electrons. The average Bonchev–Trinajstić information content (AvgIpc) is 2.79. The molecule has 0 aliphatic heterocycles. The molecule has 29 heavy (non-hydrogen) atoms. The van der Waals surface area contributed by atoms with Gasteiger partial charge in [0.25, 0.3) is 0 Å². The van der Waals surface area contributed by atoms with E-state index in [9.17, 15) is 4.79 Å². The fourth-order valence-corrected chi connectivity index (χ4v) is 3.99. The Balaban J connectivity index is 2.14. The topological polar surface area (TPSA) is 46.3 Å². The monoisotopic (exact) mass is 378 g/mol. The van der Waals surface area contributed by atoms with Gasteiger partial charge in [0.1, 0.15) is 5.54 Å². The summed E-state index contributed by atoms with van der Waals surface area (Å²) in [5.41, 5.74) is 8.74. The first-order valence-electron chi connectivity index (χ1n) is 9.56. The molecule has 0 unspecified atom stereocenters. The van der Waals surface area contributed by atoms with Crippen LogP contribution in [0.1, 0.15) is 16.7 Å². The third-order valence-electron chi connectivity index (χ3n) is 5.14. The molecule has 0 fully saturated rings. The van der Waals surface area contributed by atoms with E-state index in [1.807, 2.05) is 121 Å². The summed E-state index contributed by atoms with van der Waals surface area (Å²) in [5, 5.41) is 0. The minimum atomic E-state index is -0.920. The summed E-state index contributed by atoms with van der Waals surface area (Å²) >= 11 is 0. The normalized spacial score (nSPS) is 11.0. The van der Waals surface area contributed by atoms with E-state index < -0.39 is 11.6 Å². The number of anilines is 1. The molecule has 0 saturated heterocycles. The molecule has 0 aliphatic rings. The summed E-state index contributed by atoms with van der Waals surface area (Å²) in [6.07, 6.45) is 0. The zero-order chi connectivity index (χ0) is 20.1. The van der Waals surface area contributed by atoms with Crippen molar-refractivity contribution in [3.63, 3.8) is 0 Å². The number of carbonyl (C=O) groups excluding carboxylic acids is 1. The van der Waals surface area contributed by atoms with Crippen molar-refractivity contribution >= 4 is 11.7 Å². The number of rotatable bonds is 5. The molecule has 4 aromatic rings. The number of nitrogens with two attached hydrogens (primary N) is 1. The lowest BCUT2D eigenvalue weighted by atomic mass is 9.75. The van der Waals surface area contributed by atoms with Gasteiger partial charge in [-0.2, -0.15) is 0 Å². The van der Waals surface area contributed by atoms with E-state index in [1.54, 1.807) is 4.90 Å². The van der Waals surface area contributed by atoms with Gasteiger partial charge in [-0.15, -0.1) is 0 Å². The van der Waals surface area contributed by atoms with Gasteiger partial charge in [0.15, 0.2) is 0 Å². The molecular formula is C26H22N2O. The van der Waals surface area contributed by atoms with Gasteiger partial charge in [-0.3, -0.25) is 4.90 Å². The lowest BCUT2D eigenvalue weighted by Gasteiger charge is -2.44. The second-order valence-electron chi connectivity index (χ2n) is 6.82. The Morgan fingerprint density at radius 2 is 0.862 bits per heavy atom. The summed E-state index contributed by atoms with van der Waals surface area (Å²) in [7, 11) is 0. The first-order valence-corrected chi connectivity index (χ1v) is 9.56. The van der Waals surface area contributed by atoms with Gasteiger partial charge in [-0.05, 0) is 28.8 Å². The van der Waals surface area contributed by atoms with Gasteiger partial charge in [-0.25, -0.2) is 4.79 Å². The van der Waals surface area contributed by atoms with Crippen molar-refractivity contribution < 1.29 is 4.79 Å². The smallest absolute Gasteiger partial charge is 0.320 e. The number of carbonyl (C=O) groups is 1. The molecule has 0 aromatic heterocycles. The van der Waals surface area contributed by atoms with E-state index in [1.165, 1.54) is 0 Å². The van der Waals surface area contributed by atoms with Crippen molar-refractivity contribution in [2.24, 2.45) is 5.73 Å². The second kappa shape index (κ2) is 8.03. The van der Waals surface area contributed by atoms with Crippen LogP contribution < -0.4 is 10.6 Å². The van der Waals surface area contributed by atoms with E-state index in [-0.39, 0.29) is 0 Å². The zero-order valence-electron chi connectivity index (χ0n) is 16.0. The van der Waals surface area contributed by atoms with Crippen LogP contribution in [0.4, 0.5) is 10.5 Å². The summed E-state index contributed by atoms with van der Waals surface area (Å²) < 4.78 is 0. The Kier molecular flexibility index (Phi) is 5.12. The molecule has 2 N–H and O–H groups in total. The number of amides is 2. The van der Waals surface area contributed by atoms with E-state index in [0.29, 0.717) is 0 Å². The molecule has 4 rings (SSSR count). The van der Waals surface area contributed by atoms with Gasteiger partial charge in [-0.1, -0.05) is 109 Å². The standard InChI is InChI=1S/C26H22N2O/c27-25(29)28(24-19-11-4-12-20-24)26(21-13-5-1-6-14-21,22-15-7-2-8-16-22)23-17-9-3-10-18-23/h1-20H,(H2,27,29). The lowest BCUT2D eigenvalue weighted by Crippen LogP contribution is -2.53. The SMILES string of the molecule is NC(=O)N(c1ccccc1)C(c1ccccc1)(c1ccccc1)c1ccccc1. The van der Waals surface area contributed by atoms with Crippen LogP contribution in [0.15, 0.2) is 121 Å². The lowest BCUT2D eigenvalue weighted by molar-refractivity contribution is 0.250. The van der Waals surface area contributed by atoms with Gasteiger partial charge in [0, 0.05) is 5.69 Å². The Morgan fingerprint density at radius 1 is 0.552 bits per heavy atom. The van der Waals surface area contributed by atoms with Crippen molar-refractivity contribution in [3.05, 3.63) is 138 Å². The molecule has 0 aliphatic carbocycles. The maximum absolute atomic E-state index is 13.0. The number of benzene rings is 4. The van der Waals surface area contributed by atoms with Gasteiger partial charge >= 0.3 is 6.03 Å². The molecule has 0 saturated carbocycles. The van der Waals surface area contributed by atoms with E-state index in [4.69, 9.17) is 5.73 Å². The van der Waals surface area contributed by atoms with Gasteiger partial charge in [0.05, 0.1) is 0 Å². The summed E-state index contributed by atoms with van der Waals surface area (Å²) in [6.45, 7) is 0.